The minimum atomic E-state index is -1.04. The molecule has 0 saturated heterocycles. The van der Waals surface area contributed by atoms with Gasteiger partial charge in [0.1, 0.15) is 12.2 Å². The normalized spacial score (nSPS) is 18.7. The van der Waals surface area contributed by atoms with Gasteiger partial charge in [-0.2, -0.15) is 0 Å². The van der Waals surface area contributed by atoms with Gasteiger partial charge in [0, 0.05) is 6.20 Å². The third-order valence-corrected chi connectivity index (χ3v) is 4.21. The van der Waals surface area contributed by atoms with Crippen LogP contribution in [-0.2, 0) is 12.0 Å². The second-order valence-electron chi connectivity index (χ2n) is 5.82. The van der Waals surface area contributed by atoms with E-state index >= 15 is 0 Å². The number of benzene rings is 1. The molecule has 0 radical (unpaired) electrons. The zero-order valence-electron chi connectivity index (χ0n) is 13.4. The summed E-state index contributed by atoms with van der Waals surface area (Å²) in [5, 5.41) is 13.7. The van der Waals surface area contributed by atoms with E-state index in [-0.39, 0.29) is 18.1 Å². The highest BCUT2D eigenvalue weighted by Gasteiger charge is 2.36. The summed E-state index contributed by atoms with van der Waals surface area (Å²) in [6.45, 7) is 4.02. The predicted molar refractivity (Wildman–Crippen MR) is 90.9 cm³/mol. The van der Waals surface area contributed by atoms with Crippen LogP contribution in [-0.4, -0.2) is 29.1 Å². The molecule has 3 rings (SSSR count). The molecule has 1 atom stereocenters. The number of nitrogens with zero attached hydrogens (tertiary/aromatic N) is 1. The fourth-order valence-electron chi connectivity index (χ4n) is 2.99. The summed E-state index contributed by atoms with van der Waals surface area (Å²) in [5.74, 6) is 0.0289. The molecule has 124 valence electrons. The number of carbonyl (C=O) groups excluding carboxylic acids is 1. The van der Waals surface area contributed by atoms with Crippen LogP contribution in [0.4, 0.5) is 0 Å². The molecule has 1 aliphatic rings. The fourth-order valence-corrected chi connectivity index (χ4v) is 2.99. The van der Waals surface area contributed by atoms with Crippen LogP contribution in [0, 0.1) is 0 Å². The number of hydrogen-bond donors (Lipinski definition) is 2. The Balaban J connectivity index is 1.72. The van der Waals surface area contributed by atoms with Gasteiger partial charge in [-0.25, -0.2) is 4.98 Å². The quantitative estimate of drug-likeness (QED) is 0.799. The van der Waals surface area contributed by atoms with Crippen molar-refractivity contribution < 1.29 is 14.6 Å². The lowest BCUT2D eigenvalue weighted by molar-refractivity contribution is 0.0368. The van der Waals surface area contributed by atoms with Crippen molar-refractivity contribution in [2.45, 2.75) is 18.4 Å². The molecule has 0 bridgehead atoms. The zero-order valence-corrected chi connectivity index (χ0v) is 13.4. The number of fused-ring (bicyclic) bond motifs is 1. The second-order valence-corrected chi connectivity index (χ2v) is 5.82. The Morgan fingerprint density at radius 3 is 3.04 bits per heavy atom. The number of pyridine rings is 1. The van der Waals surface area contributed by atoms with Crippen LogP contribution in [0.15, 0.2) is 55.3 Å². The highest BCUT2D eigenvalue weighted by atomic mass is 16.5. The highest BCUT2D eigenvalue weighted by Crippen LogP contribution is 2.36. The third kappa shape index (κ3) is 3.16. The molecule has 0 saturated carbocycles. The highest BCUT2D eigenvalue weighted by molar-refractivity contribution is 5.94. The Bertz CT molecular complexity index is 760. The fraction of sp³-hybridized carbons (Fsp3) is 0.263. The van der Waals surface area contributed by atoms with E-state index in [1.807, 2.05) is 24.3 Å². The molecule has 5 heteroatoms. The second kappa shape index (κ2) is 6.84. The molecule has 0 spiro atoms. The smallest absolute Gasteiger partial charge is 0.273 e. The van der Waals surface area contributed by atoms with Crippen molar-refractivity contribution in [3.63, 3.8) is 0 Å². The Morgan fingerprint density at radius 1 is 1.38 bits per heavy atom. The zero-order chi connectivity index (χ0) is 17.0. The van der Waals surface area contributed by atoms with Crippen molar-refractivity contribution in [1.82, 2.24) is 10.3 Å². The maximum Gasteiger partial charge on any atom is 0.273 e. The van der Waals surface area contributed by atoms with Crippen LogP contribution >= 0.6 is 0 Å². The lowest BCUT2D eigenvalue weighted by Crippen LogP contribution is -2.39. The van der Waals surface area contributed by atoms with Gasteiger partial charge in [0.05, 0.1) is 6.54 Å². The molecule has 1 unspecified atom stereocenters. The molecule has 1 aromatic carbocycles. The molecule has 1 amide bonds. The molecule has 24 heavy (non-hydrogen) atoms. The van der Waals surface area contributed by atoms with E-state index in [1.54, 1.807) is 18.2 Å². The van der Waals surface area contributed by atoms with E-state index in [0.29, 0.717) is 18.8 Å². The van der Waals surface area contributed by atoms with E-state index in [4.69, 9.17) is 4.74 Å². The van der Waals surface area contributed by atoms with Gasteiger partial charge in [0.25, 0.3) is 5.91 Å². The Kier molecular flexibility index (Phi) is 4.62. The number of nitrogens with one attached hydrogen (secondary N) is 1. The minimum Gasteiger partial charge on any atom is -0.487 e. The van der Waals surface area contributed by atoms with E-state index in [0.717, 1.165) is 17.5 Å². The average Bonchev–Trinajstić information content (AvgIpc) is 2.96. The van der Waals surface area contributed by atoms with Crippen molar-refractivity contribution in [1.29, 1.82) is 0 Å². The summed E-state index contributed by atoms with van der Waals surface area (Å²) in [7, 11) is 0. The summed E-state index contributed by atoms with van der Waals surface area (Å²) in [4.78, 5) is 16.5. The van der Waals surface area contributed by atoms with Crippen molar-refractivity contribution in [2.75, 3.05) is 13.2 Å². The van der Waals surface area contributed by atoms with Gasteiger partial charge in [-0.15, -0.1) is 0 Å². The summed E-state index contributed by atoms with van der Waals surface area (Å²) < 4.78 is 5.46. The third-order valence-electron chi connectivity index (χ3n) is 4.21. The standard InChI is InChI=1S/C19H20N2O3/c1-2-12-24-16-8-5-11-20-17(16)18(22)21-13-19(23)10-9-14-6-3-4-7-15(14)19/h2-8,11,23H,1,9-10,12-13H2,(H,21,22). The van der Waals surface area contributed by atoms with E-state index in [9.17, 15) is 9.90 Å². The summed E-state index contributed by atoms with van der Waals surface area (Å²) >= 11 is 0. The molecule has 2 N–H and O–H groups in total. The largest absolute Gasteiger partial charge is 0.487 e. The van der Waals surface area contributed by atoms with Gasteiger partial charge >= 0.3 is 0 Å². The molecule has 1 aliphatic carbocycles. The predicted octanol–water partition coefficient (Wildman–Crippen LogP) is 2.21. The first-order valence-electron chi connectivity index (χ1n) is 7.92. The maximum absolute atomic E-state index is 12.4. The van der Waals surface area contributed by atoms with Crippen LogP contribution in [0.25, 0.3) is 0 Å². The molecule has 0 fully saturated rings. The van der Waals surface area contributed by atoms with Crippen molar-refractivity contribution in [2.24, 2.45) is 0 Å². The van der Waals surface area contributed by atoms with E-state index in [1.165, 1.54) is 6.20 Å². The number of aromatic nitrogens is 1. The van der Waals surface area contributed by atoms with Crippen LogP contribution in [0.3, 0.4) is 0 Å². The molecule has 1 aromatic heterocycles. The van der Waals surface area contributed by atoms with Gasteiger partial charge in [0.15, 0.2) is 11.4 Å². The number of ether oxygens (including phenoxy) is 1. The van der Waals surface area contributed by atoms with Crippen LogP contribution < -0.4 is 10.1 Å². The van der Waals surface area contributed by atoms with Crippen LogP contribution in [0.1, 0.15) is 28.0 Å². The number of carbonyl (C=O) groups is 1. The molecule has 0 aliphatic heterocycles. The van der Waals surface area contributed by atoms with E-state index < -0.39 is 5.60 Å². The van der Waals surface area contributed by atoms with Crippen molar-refractivity contribution >= 4 is 5.91 Å². The molecule has 5 nitrogen and oxygen atoms in total. The molecular weight excluding hydrogens is 304 g/mol. The molecule has 2 aromatic rings. The van der Waals surface area contributed by atoms with Crippen LogP contribution in [0.2, 0.25) is 0 Å². The summed E-state index contributed by atoms with van der Waals surface area (Å²) in [6.07, 6.45) is 4.54. The molecule has 1 heterocycles. The Morgan fingerprint density at radius 2 is 2.21 bits per heavy atom. The lowest BCUT2D eigenvalue weighted by Gasteiger charge is -2.24. The topological polar surface area (TPSA) is 71.5 Å². The van der Waals surface area contributed by atoms with Gasteiger partial charge in [-0.3, -0.25) is 4.79 Å². The number of aliphatic hydroxyl groups is 1. The molecular formula is C19H20N2O3. The Labute approximate surface area is 141 Å². The van der Waals surface area contributed by atoms with Crippen LogP contribution in [0.5, 0.6) is 5.75 Å². The minimum absolute atomic E-state index is 0.139. The van der Waals surface area contributed by atoms with Crippen molar-refractivity contribution in [3.8, 4) is 5.75 Å². The average molecular weight is 324 g/mol. The monoisotopic (exact) mass is 324 g/mol. The number of rotatable bonds is 6. The van der Waals surface area contributed by atoms with Gasteiger partial charge in [-0.05, 0) is 36.1 Å². The van der Waals surface area contributed by atoms with Crippen molar-refractivity contribution in [3.05, 3.63) is 72.1 Å². The first-order valence-corrected chi connectivity index (χ1v) is 7.92. The number of aryl methyl sites for hydroxylation is 1. The number of amides is 1. The Hall–Kier alpha value is -2.66. The van der Waals surface area contributed by atoms with Gasteiger partial charge in [-0.1, -0.05) is 36.9 Å². The first kappa shape index (κ1) is 16.2. The summed E-state index contributed by atoms with van der Waals surface area (Å²) in [6, 6.07) is 11.2. The first-order chi connectivity index (χ1) is 11.6. The summed E-state index contributed by atoms with van der Waals surface area (Å²) in [5.41, 5.74) is 1.18. The van der Waals surface area contributed by atoms with Gasteiger partial charge in [0.2, 0.25) is 0 Å². The lowest BCUT2D eigenvalue weighted by atomic mass is 9.96. The maximum atomic E-state index is 12.4. The number of hydrogen-bond acceptors (Lipinski definition) is 4. The van der Waals surface area contributed by atoms with Gasteiger partial charge < -0.3 is 15.2 Å². The SMILES string of the molecule is C=CCOc1cccnc1C(=O)NCC1(O)CCc2ccccc21. The van der Waals surface area contributed by atoms with E-state index in [2.05, 4.69) is 16.9 Å².